The molecule has 1 aromatic rings. The van der Waals surface area contributed by atoms with Gasteiger partial charge in [0, 0.05) is 18.8 Å². The van der Waals surface area contributed by atoms with E-state index in [1.165, 1.54) is 0 Å². The van der Waals surface area contributed by atoms with Crippen LogP contribution in [0.2, 0.25) is 0 Å². The van der Waals surface area contributed by atoms with Gasteiger partial charge in [-0.2, -0.15) is 0 Å². The predicted octanol–water partition coefficient (Wildman–Crippen LogP) is 2.75. The van der Waals surface area contributed by atoms with E-state index < -0.39 is 0 Å². The molecule has 0 aliphatic rings. The molecule has 1 N–H and O–H groups in total. The summed E-state index contributed by atoms with van der Waals surface area (Å²) < 4.78 is 0.784. The highest BCUT2D eigenvalue weighted by molar-refractivity contribution is 9.10. The number of nitrogens with one attached hydrogen (secondary N) is 1. The molecule has 1 aromatic heterocycles. The minimum absolute atomic E-state index is 0.0169. The minimum Gasteiger partial charge on any atom is -0.325 e. The number of aromatic nitrogens is 1. The van der Waals surface area contributed by atoms with E-state index in [0.717, 1.165) is 10.2 Å². The molecular weight excluding hydrogens is 244 g/mol. The van der Waals surface area contributed by atoms with Gasteiger partial charge in [-0.1, -0.05) is 6.08 Å². The lowest BCUT2D eigenvalue weighted by Crippen LogP contribution is -2.11. The van der Waals surface area contributed by atoms with Crippen molar-refractivity contribution in [3.63, 3.8) is 0 Å². The Morgan fingerprint density at radius 2 is 2.50 bits per heavy atom. The molecule has 0 radical (unpaired) electrons. The zero-order valence-corrected chi connectivity index (χ0v) is 9.25. The van der Waals surface area contributed by atoms with Crippen LogP contribution in [0.5, 0.6) is 0 Å². The van der Waals surface area contributed by atoms with E-state index in [-0.39, 0.29) is 5.91 Å². The molecule has 0 aliphatic heterocycles. The van der Waals surface area contributed by atoms with E-state index in [1.807, 2.05) is 0 Å². The average Bonchev–Trinajstić information content (AvgIpc) is 2.18. The second-order valence-electron chi connectivity index (χ2n) is 2.73. The molecule has 0 atom stereocenters. The summed E-state index contributed by atoms with van der Waals surface area (Å²) in [4.78, 5) is 15.2. The Balaban J connectivity index is 2.56. The van der Waals surface area contributed by atoms with Crippen molar-refractivity contribution in [3.05, 3.63) is 35.6 Å². The van der Waals surface area contributed by atoms with Crippen LogP contribution in [-0.4, -0.2) is 10.9 Å². The number of hydrogen-bond donors (Lipinski definition) is 1. The first kappa shape index (κ1) is 10.9. The molecule has 0 aliphatic carbocycles. The number of halogens is 1. The van der Waals surface area contributed by atoms with Crippen LogP contribution in [0.4, 0.5) is 5.69 Å². The lowest BCUT2D eigenvalue weighted by molar-refractivity contribution is -0.116. The van der Waals surface area contributed by atoms with Crippen LogP contribution in [0.3, 0.4) is 0 Å². The van der Waals surface area contributed by atoms with Crippen molar-refractivity contribution < 1.29 is 4.79 Å². The van der Waals surface area contributed by atoms with Crippen LogP contribution in [0.1, 0.15) is 12.8 Å². The molecule has 0 bridgehead atoms. The van der Waals surface area contributed by atoms with Gasteiger partial charge in [0.1, 0.15) is 0 Å². The lowest BCUT2D eigenvalue weighted by Gasteiger charge is -2.05. The maximum absolute atomic E-state index is 11.3. The van der Waals surface area contributed by atoms with E-state index in [4.69, 9.17) is 0 Å². The quantitative estimate of drug-likeness (QED) is 0.840. The number of hydrogen-bond acceptors (Lipinski definition) is 2. The molecule has 0 unspecified atom stereocenters. The molecule has 74 valence electrons. The van der Waals surface area contributed by atoms with Crippen LogP contribution in [0.25, 0.3) is 0 Å². The summed E-state index contributed by atoms with van der Waals surface area (Å²) in [7, 11) is 0. The number of carbonyl (C=O) groups is 1. The van der Waals surface area contributed by atoms with Crippen LogP contribution in [-0.2, 0) is 4.79 Å². The summed E-state index contributed by atoms with van der Waals surface area (Å²) in [5.41, 5.74) is 0.745. The molecule has 0 fully saturated rings. The Bertz CT molecular complexity index is 339. The van der Waals surface area contributed by atoms with Gasteiger partial charge in [0.25, 0.3) is 0 Å². The molecule has 0 saturated heterocycles. The van der Waals surface area contributed by atoms with E-state index in [2.05, 4.69) is 32.8 Å². The summed E-state index contributed by atoms with van der Waals surface area (Å²) >= 11 is 3.30. The predicted molar refractivity (Wildman–Crippen MR) is 60.0 cm³/mol. The van der Waals surface area contributed by atoms with Crippen LogP contribution in [0, 0.1) is 0 Å². The lowest BCUT2D eigenvalue weighted by atomic mass is 10.3. The highest BCUT2D eigenvalue weighted by Gasteiger charge is 2.03. The maximum Gasteiger partial charge on any atom is 0.224 e. The molecule has 0 spiro atoms. The smallest absolute Gasteiger partial charge is 0.224 e. The van der Waals surface area contributed by atoms with Crippen molar-refractivity contribution in [2.75, 3.05) is 5.32 Å². The maximum atomic E-state index is 11.3. The number of amides is 1. The van der Waals surface area contributed by atoms with E-state index >= 15 is 0 Å². The standard InChI is InChI=1S/C10H11BrN2O/c1-2-3-4-10(14)13-9-5-6-12-7-8(9)11/h2,5-7H,1,3-4H2,(H,12,13,14). The molecule has 3 nitrogen and oxygen atoms in total. The van der Waals surface area contributed by atoms with Gasteiger partial charge in [0.05, 0.1) is 10.2 Å². The molecule has 1 heterocycles. The molecule has 1 rings (SSSR count). The van der Waals surface area contributed by atoms with Gasteiger partial charge in [-0.3, -0.25) is 9.78 Å². The first-order valence-electron chi connectivity index (χ1n) is 4.24. The summed E-state index contributed by atoms with van der Waals surface area (Å²) in [5, 5.41) is 2.77. The van der Waals surface area contributed by atoms with Gasteiger partial charge >= 0.3 is 0 Å². The van der Waals surface area contributed by atoms with Crippen LogP contribution in [0.15, 0.2) is 35.6 Å². The number of allylic oxidation sites excluding steroid dienone is 1. The zero-order chi connectivity index (χ0) is 10.4. The van der Waals surface area contributed by atoms with Crippen molar-refractivity contribution in [3.8, 4) is 0 Å². The number of rotatable bonds is 4. The monoisotopic (exact) mass is 254 g/mol. The fraction of sp³-hybridized carbons (Fsp3) is 0.200. The van der Waals surface area contributed by atoms with Gasteiger partial charge < -0.3 is 5.32 Å². The Morgan fingerprint density at radius 1 is 1.71 bits per heavy atom. The number of nitrogens with zero attached hydrogens (tertiary/aromatic N) is 1. The van der Waals surface area contributed by atoms with Crippen molar-refractivity contribution in [2.45, 2.75) is 12.8 Å². The number of pyridine rings is 1. The van der Waals surface area contributed by atoms with Gasteiger partial charge in [-0.05, 0) is 28.4 Å². The highest BCUT2D eigenvalue weighted by Crippen LogP contribution is 2.19. The molecule has 0 saturated carbocycles. The Kier molecular flexibility index (Phi) is 4.32. The number of anilines is 1. The van der Waals surface area contributed by atoms with Crippen LogP contribution < -0.4 is 5.32 Å². The summed E-state index contributed by atoms with van der Waals surface area (Å²) in [5.74, 6) is -0.0169. The SMILES string of the molecule is C=CCCC(=O)Nc1ccncc1Br. The largest absolute Gasteiger partial charge is 0.325 e. The third-order valence-electron chi connectivity index (χ3n) is 1.62. The summed E-state index contributed by atoms with van der Waals surface area (Å²) in [6, 6.07) is 1.75. The van der Waals surface area contributed by atoms with Gasteiger partial charge in [-0.15, -0.1) is 6.58 Å². The fourth-order valence-electron chi connectivity index (χ4n) is 0.922. The van der Waals surface area contributed by atoms with Crippen molar-refractivity contribution in [1.29, 1.82) is 0 Å². The summed E-state index contributed by atoms with van der Waals surface area (Å²) in [6.45, 7) is 3.56. The van der Waals surface area contributed by atoms with E-state index in [0.29, 0.717) is 12.8 Å². The first-order valence-corrected chi connectivity index (χ1v) is 5.03. The molecule has 4 heteroatoms. The molecule has 1 amide bonds. The average molecular weight is 255 g/mol. The normalized spacial score (nSPS) is 9.50. The van der Waals surface area contributed by atoms with Crippen LogP contribution >= 0.6 is 15.9 Å². The Labute approximate surface area is 91.4 Å². The third kappa shape index (κ3) is 3.30. The van der Waals surface area contributed by atoms with E-state index in [1.54, 1.807) is 24.5 Å². The number of carbonyl (C=O) groups excluding carboxylic acids is 1. The zero-order valence-electron chi connectivity index (χ0n) is 7.66. The Hall–Kier alpha value is -1.16. The second kappa shape index (κ2) is 5.54. The topological polar surface area (TPSA) is 42.0 Å². The van der Waals surface area contributed by atoms with Crippen molar-refractivity contribution in [2.24, 2.45) is 0 Å². The van der Waals surface area contributed by atoms with Gasteiger partial charge in [0.2, 0.25) is 5.91 Å². The minimum atomic E-state index is -0.0169. The molecule has 0 aromatic carbocycles. The van der Waals surface area contributed by atoms with Gasteiger partial charge in [0.15, 0.2) is 0 Å². The first-order chi connectivity index (χ1) is 6.74. The third-order valence-corrected chi connectivity index (χ3v) is 2.25. The Morgan fingerprint density at radius 3 is 3.14 bits per heavy atom. The van der Waals surface area contributed by atoms with Crippen molar-refractivity contribution >= 4 is 27.5 Å². The molecule has 14 heavy (non-hydrogen) atoms. The highest BCUT2D eigenvalue weighted by atomic mass is 79.9. The molecular formula is C10H11BrN2O. The summed E-state index contributed by atoms with van der Waals surface area (Å²) in [6.07, 6.45) is 6.14. The van der Waals surface area contributed by atoms with Crippen molar-refractivity contribution in [1.82, 2.24) is 4.98 Å². The second-order valence-corrected chi connectivity index (χ2v) is 3.59. The fourth-order valence-corrected chi connectivity index (χ4v) is 1.27. The van der Waals surface area contributed by atoms with E-state index in [9.17, 15) is 4.79 Å². The van der Waals surface area contributed by atoms with Gasteiger partial charge in [-0.25, -0.2) is 0 Å².